The number of hydrogen-bond acceptors (Lipinski definition) is 5. The summed E-state index contributed by atoms with van der Waals surface area (Å²) in [4.78, 5) is 23.9. The summed E-state index contributed by atoms with van der Waals surface area (Å²) in [7, 11) is 5.49. The number of carbonyl (C=O) groups is 1. The summed E-state index contributed by atoms with van der Waals surface area (Å²) in [6.45, 7) is 0.387. The largest absolute Gasteiger partial charge is 0.363 e. The van der Waals surface area contributed by atoms with Crippen LogP contribution in [-0.4, -0.2) is 52.1 Å². The minimum atomic E-state index is -0.0816. The third-order valence-electron chi connectivity index (χ3n) is 2.65. The second-order valence-corrected chi connectivity index (χ2v) is 4.39. The fourth-order valence-corrected chi connectivity index (χ4v) is 1.62. The van der Waals surface area contributed by atoms with Gasteiger partial charge < -0.3 is 9.80 Å². The van der Waals surface area contributed by atoms with Crippen molar-refractivity contribution in [3.63, 3.8) is 0 Å². The summed E-state index contributed by atoms with van der Waals surface area (Å²) in [6, 6.07) is 3.46. The van der Waals surface area contributed by atoms with Gasteiger partial charge in [0.1, 0.15) is 18.0 Å². The first-order chi connectivity index (χ1) is 9.08. The van der Waals surface area contributed by atoms with Crippen molar-refractivity contribution in [3.8, 4) is 0 Å². The number of carbonyl (C=O) groups excluding carboxylic acids is 1. The zero-order chi connectivity index (χ0) is 13.8. The van der Waals surface area contributed by atoms with Gasteiger partial charge in [0, 0.05) is 32.9 Å². The Morgan fingerprint density at radius 3 is 2.74 bits per heavy atom. The van der Waals surface area contributed by atoms with Crippen LogP contribution in [-0.2, 0) is 6.54 Å². The molecule has 0 atom stereocenters. The monoisotopic (exact) mass is 260 g/mol. The molecule has 7 heteroatoms. The van der Waals surface area contributed by atoms with Crippen molar-refractivity contribution >= 4 is 11.7 Å². The Bertz CT molecular complexity index is 551. The number of aromatic nitrogens is 4. The van der Waals surface area contributed by atoms with E-state index in [1.807, 2.05) is 19.0 Å². The zero-order valence-electron chi connectivity index (χ0n) is 11.2. The number of H-pyrrole nitrogens is 1. The zero-order valence-corrected chi connectivity index (χ0v) is 11.2. The van der Waals surface area contributed by atoms with Crippen LogP contribution in [0.3, 0.4) is 0 Å². The molecule has 0 saturated carbocycles. The molecule has 0 radical (unpaired) electrons. The van der Waals surface area contributed by atoms with Crippen molar-refractivity contribution in [1.29, 1.82) is 0 Å². The number of anilines is 1. The van der Waals surface area contributed by atoms with E-state index in [-0.39, 0.29) is 5.91 Å². The summed E-state index contributed by atoms with van der Waals surface area (Å²) < 4.78 is 0. The second-order valence-electron chi connectivity index (χ2n) is 4.39. The Morgan fingerprint density at radius 1 is 1.32 bits per heavy atom. The lowest BCUT2D eigenvalue weighted by atomic mass is 10.2. The van der Waals surface area contributed by atoms with Gasteiger partial charge in [-0.1, -0.05) is 0 Å². The van der Waals surface area contributed by atoms with Crippen LogP contribution in [0.25, 0.3) is 0 Å². The molecule has 0 spiro atoms. The summed E-state index contributed by atoms with van der Waals surface area (Å²) in [6.07, 6.45) is 3.05. The molecule has 100 valence electrons. The molecule has 0 aliphatic rings. The summed E-state index contributed by atoms with van der Waals surface area (Å²) >= 11 is 0. The fraction of sp³-hybridized carbons (Fsp3) is 0.333. The Kier molecular flexibility index (Phi) is 3.74. The van der Waals surface area contributed by atoms with Crippen molar-refractivity contribution < 1.29 is 4.79 Å². The lowest BCUT2D eigenvalue weighted by molar-refractivity contribution is 0.0781. The van der Waals surface area contributed by atoms with Crippen molar-refractivity contribution in [2.75, 3.05) is 26.0 Å². The Balaban J connectivity index is 2.12. The number of amides is 1. The number of hydrogen-bond donors (Lipinski definition) is 1. The van der Waals surface area contributed by atoms with Gasteiger partial charge in [0.05, 0.1) is 6.54 Å². The van der Waals surface area contributed by atoms with Crippen LogP contribution in [0.2, 0.25) is 0 Å². The number of nitrogens with one attached hydrogen (secondary N) is 1. The quantitative estimate of drug-likeness (QED) is 0.868. The standard InChI is InChI=1S/C12H16N6O/c1-17(2)11-6-9(4-5-13-11)12(19)18(3)7-10-14-8-15-16-10/h4-6,8H,7H2,1-3H3,(H,14,15,16). The Labute approximate surface area is 111 Å². The molecule has 2 aromatic rings. The number of nitrogens with zero attached hydrogens (tertiary/aromatic N) is 5. The molecule has 0 bridgehead atoms. The molecule has 0 unspecified atom stereocenters. The average molecular weight is 260 g/mol. The van der Waals surface area contributed by atoms with Crippen LogP contribution in [0.5, 0.6) is 0 Å². The molecule has 7 nitrogen and oxygen atoms in total. The van der Waals surface area contributed by atoms with Gasteiger partial charge in [0.25, 0.3) is 5.91 Å². The minimum Gasteiger partial charge on any atom is -0.363 e. The predicted molar refractivity (Wildman–Crippen MR) is 70.7 cm³/mol. The van der Waals surface area contributed by atoms with Crippen molar-refractivity contribution in [2.24, 2.45) is 0 Å². The van der Waals surface area contributed by atoms with E-state index in [2.05, 4.69) is 20.2 Å². The van der Waals surface area contributed by atoms with Crippen LogP contribution < -0.4 is 4.90 Å². The number of rotatable bonds is 4. The predicted octanol–water partition coefficient (Wildman–Crippen LogP) is 0.538. The van der Waals surface area contributed by atoms with E-state index in [0.29, 0.717) is 17.9 Å². The molecular formula is C12H16N6O. The van der Waals surface area contributed by atoms with Crippen LogP contribution in [0.15, 0.2) is 24.7 Å². The molecule has 1 amide bonds. The normalized spacial score (nSPS) is 10.3. The van der Waals surface area contributed by atoms with Gasteiger partial charge in [0.15, 0.2) is 0 Å². The lowest BCUT2D eigenvalue weighted by Gasteiger charge is -2.17. The SMILES string of the molecule is CN(Cc1ncn[nH]1)C(=O)c1ccnc(N(C)C)c1. The van der Waals surface area contributed by atoms with Gasteiger partial charge in [-0.2, -0.15) is 5.10 Å². The van der Waals surface area contributed by atoms with Crippen LogP contribution in [0.4, 0.5) is 5.82 Å². The van der Waals surface area contributed by atoms with E-state index in [0.717, 1.165) is 5.82 Å². The molecular weight excluding hydrogens is 244 g/mol. The highest BCUT2D eigenvalue weighted by molar-refractivity contribution is 5.94. The molecule has 2 aromatic heterocycles. The van der Waals surface area contributed by atoms with E-state index in [9.17, 15) is 4.79 Å². The van der Waals surface area contributed by atoms with Gasteiger partial charge in [-0.25, -0.2) is 9.97 Å². The molecule has 0 aliphatic heterocycles. The Hall–Kier alpha value is -2.44. The van der Waals surface area contributed by atoms with Crippen molar-refractivity contribution in [1.82, 2.24) is 25.1 Å². The van der Waals surface area contributed by atoms with Gasteiger partial charge in [0.2, 0.25) is 0 Å². The van der Waals surface area contributed by atoms with E-state index in [1.54, 1.807) is 30.3 Å². The Morgan fingerprint density at radius 2 is 2.11 bits per heavy atom. The molecule has 1 N–H and O–H groups in total. The fourth-order valence-electron chi connectivity index (χ4n) is 1.62. The smallest absolute Gasteiger partial charge is 0.254 e. The maximum absolute atomic E-state index is 12.3. The minimum absolute atomic E-state index is 0.0816. The summed E-state index contributed by atoms with van der Waals surface area (Å²) in [5.41, 5.74) is 0.598. The summed E-state index contributed by atoms with van der Waals surface area (Å²) in [5.74, 6) is 1.32. The van der Waals surface area contributed by atoms with Gasteiger partial charge in [-0.05, 0) is 12.1 Å². The maximum Gasteiger partial charge on any atom is 0.254 e. The molecule has 2 rings (SSSR count). The molecule has 19 heavy (non-hydrogen) atoms. The van der Waals surface area contributed by atoms with E-state index >= 15 is 0 Å². The molecule has 0 aromatic carbocycles. The highest BCUT2D eigenvalue weighted by Gasteiger charge is 2.14. The van der Waals surface area contributed by atoms with E-state index in [4.69, 9.17) is 0 Å². The van der Waals surface area contributed by atoms with E-state index < -0.39 is 0 Å². The highest BCUT2D eigenvalue weighted by Crippen LogP contribution is 2.12. The summed E-state index contributed by atoms with van der Waals surface area (Å²) in [5, 5.41) is 6.48. The van der Waals surface area contributed by atoms with Crippen LogP contribution >= 0.6 is 0 Å². The topological polar surface area (TPSA) is 78.0 Å². The van der Waals surface area contributed by atoms with Gasteiger partial charge in [-0.15, -0.1) is 0 Å². The van der Waals surface area contributed by atoms with Crippen molar-refractivity contribution in [3.05, 3.63) is 36.0 Å². The first-order valence-electron chi connectivity index (χ1n) is 5.81. The molecule has 0 saturated heterocycles. The first kappa shape index (κ1) is 13.0. The third-order valence-corrected chi connectivity index (χ3v) is 2.65. The first-order valence-corrected chi connectivity index (χ1v) is 5.81. The van der Waals surface area contributed by atoms with E-state index in [1.165, 1.54) is 6.33 Å². The number of pyridine rings is 1. The maximum atomic E-state index is 12.3. The van der Waals surface area contributed by atoms with Crippen LogP contribution in [0, 0.1) is 0 Å². The average Bonchev–Trinajstić information content (AvgIpc) is 2.90. The number of aromatic amines is 1. The van der Waals surface area contributed by atoms with Gasteiger partial charge in [-0.3, -0.25) is 9.89 Å². The molecule has 0 aliphatic carbocycles. The highest BCUT2D eigenvalue weighted by atomic mass is 16.2. The molecule has 2 heterocycles. The second kappa shape index (κ2) is 5.47. The van der Waals surface area contributed by atoms with Crippen molar-refractivity contribution in [2.45, 2.75) is 6.54 Å². The lowest BCUT2D eigenvalue weighted by Crippen LogP contribution is -2.27. The van der Waals surface area contributed by atoms with Gasteiger partial charge >= 0.3 is 0 Å². The molecule has 0 fully saturated rings. The van der Waals surface area contributed by atoms with Crippen LogP contribution in [0.1, 0.15) is 16.2 Å². The third kappa shape index (κ3) is 3.06.